The van der Waals surface area contributed by atoms with Gasteiger partial charge in [0.15, 0.2) is 5.11 Å². The number of aromatic nitrogens is 1. The summed E-state index contributed by atoms with van der Waals surface area (Å²) in [5, 5.41) is 4.50. The van der Waals surface area contributed by atoms with E-state index in [1.807, 2.05) is 30.6 Å². The van der Waals surface area contributed by atoms with Gasteiger partial charge in [-0.1, -0.05) is 50.3 Å². The Labute approximate surface area is 174 Å². The van der Waals surface area contributed by atoms with Gasteiger partial charge >= 0.3 is 0 Å². The minimum Gasteiger partial charge on any atom is -0.497 e. The van der Waals surface area contributed by atoms with E-state index < -0.39 is 0 Å². The third-order valence-electron chi connectivity index (χ3n) is 5.35. The van der Waals surface area contributed by atoms with Crippen LogP contribution in [-0.2, 0) is 13.1 Å². The number of ether oxygens (including phenoxy) is 1. The van der Waals surface area contributed by atoms with Gasteiger partial charge in [0.25, 0.3) is 0 Å². The molecule has 4 nitrogen and oxygen atoms in total. The molecule has 3 rings (SSSR count). The van der Waals surface area contributed by atoms with Crippen molar-refractivity contribution >= 4 is 17.3 Å². The van der Waals surface area contributed by atoms with E-state index >= 15 is 0 Å². The summed E-state index contributed by atoms with van der Waals surface area (Å²) in [7, 11) is 1.69. The van der Waals surface area contributed by atoms with Crippen LogP contribution in [0.5, 0.6) is 5.75 Å². The van der Waals surface area contributed by atoms with Crippen molar-refractivity contribution in [2.45, 2.75) is 64.1 Å². The Balaban J connectivity index is 1.69. The number of benzene rings is 1. The summed E-state index contributed by atoms with van der Waals surface area (Å²) in [6, 6.07) is 12.8. The third kappa shape index (κ3) is 6.48. The van der Waals surface area contributed by atoms with Crippen LogP contribution in [0.4, 0.5) is 0 Å². The first-order valence-corrected chi connectivity index (χ1v) is 10.7. The molecule has 1 heterocycles. The van der Waals surface area contributed by atoms with E-state index in [9.17, 15) is 0 Å². The summed E-state index contributed by atoms with van der Waals surface area (Å²) in [6.07, 6.45) is 12.8. The number of nitrogens with one attached hydrogen (secondary N) is 1. The van der Waals surface area contributed by atoms with Crippen molar-refractivity contribution in [2.75, 3.05) is 7.11 Å². The molecule has 1 aromatic carbocycles. The van der Waals surface area contributed by atoms with E-state index in [4.69, 9.17) is 17.0 Å². The van der Waals surface area contributed by atoms with Crippen LogP contribution in [0.3, 0.4) is 0 Å². The molecule has 1 fully saturated rings. The van der Waals surface area contributed by atoms with Crippen LogP contribution in [0.15, 0.2) is 48.8 Å². The Morgan fingerprint density at radius 3 is 2.36 bits per heavy atom. The van der Waals surface area contributed by atoms with Gasteiger partial charge in [-0.05, 0) is 54.4 Å². The second-order valence-electron chi connectivity index (χ2n) is 7.56. The van der Waals surface area contributed by atoms with Crippen LogP contribution in [0.25, 0.3) is 0 Å². The fraction of sp³-hybridized carbons (Fsp3) is 0.478. The fourth-order valence-corrected chi connectivity index (χ4v) is 4.03. The summed E-state index contributed by atoms with van der Waals surface area (Å²) in [5.74, 6) is 0.873. The van der Waals surface area contributed by atoms with Crippen LogP contribution in [0.2, 0.25) is 0 Å². The molecule has 150 valence electrons. The molecule has 0 amide bonds. The molecule has 5 heteroatoms. The van der Waals surface area contributed by atoms with E-state index in [1.54, 1.807) is 7.11 Å². The lowest BCUT2D eigenvalue weighted by Gasteiger charge is -2.30. The highest BCUT2D eigenvalue weighted by molar-refractivity contribution is 7.80. The van der Waals surface area contributed by atoms with Gasteiger partial charge in [-0.3, -0.25) is 4.98 Å². The first-order valence-electron chi connectivity index (χ1n) is 10.3. The van der Waals surface area contributed by atoms with Gasteiger partial charge in [-0.2, -0.15) is 0 Å². The summed E-state index contributed by atoms with van der Waals surface area (Å²) in [5.41, 5.74) is 2.38. The predicted octanol–water partition coefficient (Wildman–Crippen LogP) is 5.08. The van der Waals surface area contributed by atoms with Gasteiger partial charge in [0.05, 0.1) is 7.11 Å². The molecule has 2 aromatic rings. The lowest BCUT2D eigenvalue weighted by atomic mass is 9.97. The molecular formula is C23H31N3OS. The zero-order valence-electron chi connectivity index (χ0n) is 16.8. The minimum atomic E-state index is 0.486. The molecule has 0 radical (unpaired) electrons. The van der Waals surface area contributed by atoms with Crippen molar-refractivity contribution in [2.24, 2.45) is 0 Å². The number of methoxy groups -OCH3 is 1. The van der Waals surface area contributed by atoms with Gasteiger partial charge in [0.1, 0.15) is 5.75 Å². The third-order valence-corrected chi connectivity index (χ3v) is 5.72. The Bertz CT molecular complexity index is 712. The highest BCUT2D eigenvalue weighted by atomic mass is 32.1. The summed E-state index contributed by atoms with van der Waals surface area (Å²) < 4.78 is 5.28. The maximum absolute atomic E-state index is 5.85. The van der Waals surface area contributed by atoms with Crippen LogP contribution in [0, 0.1) is 0 Å². The van der Waals surface area contributed by atoms with E-state index in [0.29, 0.717) is 6.04 Å². The first-order chi connectivity index (χ1) is 13.7. The normalized spacial score (nSPS) is 15.3. The summed E-state index contributed by atoms with van der Waals surface area (Å²) >= 11 is 5.85. The van der Waals surface area contributed by atoms with Gasteiger partial charge in [-0.15, -0.1) is 0 Å². The fourth-order valence-electron chi connectivity index (χ4n) is 3.73. The maximum atomic E-state index is 5.85. The average molecular weight is 398 g/mol. The SMILES string of the molecule is COc1ccc(CN(Cc2cccnc2)C(=S)NC2CCCCCCC2)cc1. The van der Waals surface area contributed by atoms with E-state index in [1.165, 1.54) is 50.5 Å². The van der Waals surface area contributed by atoms with Gasteiger partial charge in [-0.25, -0.2) is 0 Å². The molecule has 1 N–H and O–H groups in total. The molecule has 0 bridgehead atoms. The van der Waals surface area contributed by atoms with Crippen LogP contribution >= 0.6 is 12.2 Å². The van der Waals surface area contributed by atoms with Crippen LogP contribution < -0.4 is 10.1 Å². The van der Waals surface area contributed by atoms with E-state index in [2.05, 4.69) is 33.4 Å². The van der Waals surface area contributed by atoms with E-state index in [-0.39, 0.29) is 0 Å². The zero-order chi connectivity index (χ0) is 19.6. The monoisotopic (exact) mass is 397 g/mol. The molecule has 1 aliphatic carbocycles. The number of hydrogen-bond donors (Lipinski definition) is 1. The second-order valence-corrected chi connectivity index (χ2v) is 7.94. The van der Waals surface area contributed by atoms with Gasteiger partial charge in [0.2, 0.25) is 0 Å². The molecule has 1 saturated carbocycles. The Morgan fingerprint density at radius 1 is 1.04 bits per heavy atom. The summed E-state index contributed by atoms with van der Waals surface area (Å²) in [6.45, 7) is 1.51. The van der Waals surface area contributed by atoms with Crippen molar-refractivity contribution in [1.29, 1.82) is 0 Å². The molecule has 0 saturated heterocycles. The number of rotatable bonds is 6. The topological polar surface area (TPSA) is 37.4 Å². The smallest absolute Gasteiger partial charge is 0.169 e. The molecule has 0 atom stereocenters. The predicted molar refractivity (Wildman–Crippen MR) is 118 cm³/mol. The number of nitrogens with zero attached hydrogens (tertiary/aromatic N) is 2. The first kappa shape index (κ1) is 20.6. The van der Waals surface area contributed by atoms with E-state index in [0.717, 1.165) is 29.5 Å². The number of hydrogen-bond acceptors (Lipinski definition) is 3. The Kier molecular flexibility index (Phi) is 8.09. The van der Waals surface area contributed by atoms with Crippen molar-refractivity contribution < 1.29 is 4.74 Å². The number of thiocarbonyl (C=S) groups is 1. The molecule has 1 aliphatic rings. The van der Waals surface area contributed by atoms with Crippen molar-refractivity contribution in [3.05, 3.63) is 59.9 Å². The van der Waals surface area contributed by atoms with Crippen LogP contribution in [-0.4, -0.2) is 28.1 Å². The zero-order valence-corrected chi connectivity index (χ0v) is 17.6. The summed E-state index contributed by atoms with van der Waals surface area (Å²) in [4.78, 5) is 6.50. The average Bonchev–Trinajstić information content (AvgIpc) is 2.70. The van der Waals surface area contributed by atoms with Crippen molar-refractivity contribution in [3.63, 3.8) is 0 Å². The lowest BCUT2D eigenvalue weighted by Crippen LogP contribution is -2.44. The molecular weight excluding hydrogens is 366 g/mol. The lowest BCUT2D eigenvalue weighted by molar-refractivity contribution is 0.369. The highest BCUT2D eigenvalue weighted by Crippen LogP contribution is 2.19. The molecule has 28 heavy (non-hydrogen) atoms. The largest absolute Gasteiger partial charge is 0.497 e. The van der Waals surface area contributed by atoms with Crippen molar-refractivity contribution in [3.8, 4) is 5.75 Å². The maximum Gasteiger partial charge on any atom is 0.169 e. The van der Waals surface area contributed by atoms with Gasteiger partial charge < -0.3 is 15.0 Å². The molecule has 0 aliphatic heterocycles. The molecule has 1 aromatic heterocycles. The molecule has 0 spiro atoms. The standard InChI is InChI=1S/C23H31N3OS/c1-27-22-13-11-19(12-14-22)17-26(18-20-8-7-15-24-16-20)23(28)25-21-9-5-3-2-4-6-10-21/h7-8,11-16,21H,2-6,9-10,17-18H2,1H3,(H,25,28). The van der Waals surface area contributed by atoms with Crippen molar-refractivity contribution in [1.82, 2.24) is 15.2 Å². The highest BCUT2D eigenvalue weighted by Gasteiger charge is 2.17. The molecule has 0 unspecified atom stereocenters. The van der Waals surface area contributed by atoms with Gasteiger partial charge in [0, 0.05) is 31.5 Å². The Morgan fingerprint density at radius 2 is 1.71 bits per heavy atom. The quantitative estimate of drug-likeness (QED) is 0.688. The second kappa shape index (κ2) is 11.0. The Hall–Kier alpha value is -2.14. The number of pyridine rings is 1. The minimum absolute atomic E-state index is 0.486. The van der Waals surface area contributed by atoms with Crippen LogP contribution in [0.1, 0.15) is 56.1 Å².